The van der Waals surface area contributed by atoms with Gasteiger partial charge in [-0.1, -0.05) is 30.3 Å². The molecule has 8 nitrogen and oxygen atoms in total. The Kier molecular flexibility index (Phi) is 5.30. The second-order valence-corrected chi connectivity index (χ2v) is 7.01. The van der Waals surface area contributed by atoms with Crippen LogP contribution in [0.1, 0.15) is 12.0 Å². The van der Waals surface area contributed by atoms with Crippen LogP contribution in [0.4, 0.5) is 0 Å². The number of carboxylic acid groups (broad SMARTS) is 1. The Balaban J connectivity index is 1.43. The van der Waals surface area contributed by atoms with Crippen molar-refractivity contribution in [1.82, 2.24) is 19.9 Å². The van der Waals surface area contributed by atoms with Crippen molar-refractivity contribution in [2.24, 2.45) is 0 Å². The number of rotatable bonds is 7. The van der Waals surface area contributed by atoms with E-state index in [0.29, 0.717) is 10.9 Å². The number of amides is 1. The second kappa shape index (κ2) is 8.20. The standard InChI is InChI=1S/C22H20N4O4/c27-20(9-10-26-13-24-18-8-4-2-6-16(18)21(26)28)25-19(22(29)30)11-14-12-23-17-7-3-1-5-15(14)17/h1-8,12-13,19,23H,9-11H2,(H,25,27)(H,29,30)/p-1/t19-/m0/s1. The average Bonchev–Trinajstić information content (AvgIpc) is 3.16. The normalized spacial score (nSPS) is 12.1. The Bertz CT molecular complexity index is 1290. The van der Waals surface area contributed by atoms with Crippen molar-refractivity contribution in [3.05, 3.63) is 77.0 Å². The first-order valence-electron chi connectivity index (χ1n) is 9.52. The van der Waals surface area contributed by atoms with Crippen LogP contribution >= 0.6 is 0 Å². The minimum Gasteiger partial charge on any atom is -0.548 e. The lowest BCUT2D eigenvalue weighted by molar-refractivity contribution is -0.308. The average molecular weight is 403 g/mol. The lowest BCUT2D eigenvalue weighted by atomic mass is 10.0. The van der Waals surface area contributed by atoms with Crippen LogP contribution in [0.15, 0.2) is 65.8 Å². The summed E-state index contributed by atoms with van der Waals surface area (Å²) in [4.78, 5) is 43.7. The number of nitrogens with one attached hydrogen (secondary N) is 2. The maximum Gasteiger partial charge on any atom is 0.261 e. The molecule has 0 saturated heterocycles. The van der Waals surface area contributed by atoms with E-state index in [0.717, 1.165) is 16.5 Å². The van der Waals surface area contributed by atoms with E-state index in [4.69, 9.17) is 0 Å². The second-order valence-electron chi connectivity index (χ2n) is 7.01. The Labute approximate surface area is 171 Å². The molecule has 0 aliphatic heterocycles. The van der Waals surface area contributed by atoms with Gasteiger partial charge in [-0.2, -0.15) is 0 Å². The molecule has 2 aromatic carbocycles. The van der Waals surface area contributed by atoms with Gasteiger partial charge in [0.05, 0.1) is 29.2 Å². The quantitative estimate of drug-likeness (QED) is 0.472. The largest absolute Gasteiger partial charge is 0.548 e. The van der Waals surface area contributed by atoms with Crippen molar-refractivity contribution >= 4 is 33.7 Å². The summed E-state index contributed by atoms with van der Waals surface area (Å²) >= 11 is 0. The summed E-state index contributed by atoms with van der Waals surface area (Å²) in [6.45, 7) is 0.0926. The lowest BCUT2D eigenvalue weighted by Gasteiger charge is -2.19. The first-order valence-corrected chi connectivity index (χ1v) is 9.52. The van der Waals surface area contributed by atoms with Gasteiger partial charge >= 0.3 is 0 Å². The van der Waals surface area contributed by atoms with E-state index in [9.17, 15) is 19.5 Å². The van der Waals surface area contributed by atoms with Gasteiger partial charge in [0, 0.05) is 36.5 Å². The number of nitrogens with zero attached hydrogens (tertiary/aromatic N) is 2. The molecular weight excluding hydrogens is 384 g/mol. The number of aromatic nitrogens is 3. The molecule has 1 atom stereocenters. The fourth-order valence-corrected chi connectivity index (χ4v) is 3.47. The summed E-state index contributed by atoms with van der Waals surface area (Å²) in [5.41, 5.74) is 2.00. The third kappa shape index (κ3) is 3.93. The number of hydrogen-bond donors (Lipinski definition) is 2. The summed E-state index contributed by atoms with van der Waals surface area (Å²) in [6.07, 6.45) is 3.15. The van der Waals surface area contributed by atoms with Crippen LogP contribution in [0, 0.1) is 0 Å². The fraction of sp³-hybridized carbons (Fsp3) is 0.182. The van der Waals surface area contributed by atoms with Crippen LogP contribution in [0.2, 0.25) is 0 Å². The van der Waals surface area contributed by atoms with Crippen LogP contribution in [0.5, 0.6) is 0 Å². The zero-order valence-corrected chi connectivity index (χ0v) is 16.0. The number of para-hydroxylation sites is 2. The van der Waals surface area contributed by atoms with Gasteiger partial charge in [-0.3, -0.25) is 14.2 Å². The van der Waals surface area contributed by atoms with Gasteiger partial charge in [-0.25, -0.2) is 4.98 Å². The topological polar surface area (TPSA) is 120 Å². The molecule has 0 aliphatic rings. The van der Waals surface area contributed by atoms with Crippen molar-refractivity contribution < 1.29 is 14.7 Å². The van der Waals surface area contributed by atoms with E-state index in [-0.39, 0.29) is 24.9 Å². The Hall–Kier alpha value is -3.94. The molecule has 2 N–H and O–H groups in total. The minimum absolute atomic E-state index is 0.0579. The molecule has 0 fully saturated rings. The molecule has 8 heteroatoms. The van der Waals surface area contributed by atoms with E-state index in [1.807, 2.05) is 24.3 Å². The van der Waals surface area contributed by atoms with Crippen LogP contribution in [0.25, 0.3) is 21.8 Å². The Morgan fingerprint density at radius 3 is 2.63 bits per heavy atom. The number of benzene rings is 2. The van der Waals surface area contributed by atoms with E-state index in [1.54, 1.807) is 30.5 Å². The van der Waals surface area contributed by atoms with E-state index in [1.165, 1.54) is 10.9 Å². The number of carboxylic acids is 1. The van der Waals surface area contributed by atoms with Crippen LogP contribution in [-0.4, -0.2) is 32.5 Å². The molecular formula is C22H19N4O4-. The van der Waals surface area contributed by atoms with Gasteiger partial charge in [-0.05, 0) is 23.8 Å². The molecule has 0 bridgehead atoms. The number of aryl methyl sites for hydroxylation is 1. The molecule has 0 spiro atoms. The van der Waals surface area contributed by atoms with Crippen LogP contribution in [0.3, 0.4) is 0 Å². The summed E-state index contributed by atoms with van der Waals surface area (Å²) in [7, 11) is 0. The number of hydrogen-bond acceptors (Lipinski definition) is 5. The number of aliphatic carboxylic acids is 1. The zero-order chi connectivity index (χ0) is 21.1. The number of aromatic amines is 1. The molecule has 30 heavy (non-hydrogen) atoms. The SMILES string of the molecule is O=C(CCn1cnc2ccccc2c1=O)N[C@@H](Cc1c[nH]c2ccccc12)C(=O)[O-]. The number of carbonyl (C=O) groups excluding carboxylic acids is 2. The van der Waals surface area contributed by atoms with Gasteiger partial charge in [0.25, 0.3) is 5.56 Å². The van der Waals surface area contributed by atoms with Crippen LogP contribution < -0.4 is 16.0 Å². The summed E-state index contributed by atoms with van der Waals surface area (Å²) in [5.74, 6) is -1.85. The number of fused-ring (bicyclic) bond motifs is 2. The Morgan fingerprint density at radius 2 is 1.83 bits per heavy atom. The van der Waals surface area contributed by atoms with Gasteiger partial charge in [0.1, 0.15) is 0 Å². The number of H-pyrrole nitrogens is 1. The third-order valence-corrected chi connectivity index (χ3v) is 5.03. The van der Waals surface area contributed by atoms with Crippen molar-refractivity contribution in [2.75, 3.05) is 0 Å². The van der Waals surface area contributed by atoms with Gasteiger partial charge in [0.2, 0.25) is 5.91 Å². The molecule has 4 rings (SSSR count). The molecule has 4 aromatic rings. The summed E-state index contributed by atoms with van der Waals surface area (Å²) < 4.78 is 1.34. The van der Waals surface area contributed by atoms with Gasteiger partial charge in [0.15, 0.2) is 0 Å². The van der Waals surface area contributed by atoms with Crippen molar-refractivity contribution in [1.29, 1.82) is 0 Å². The maximum absolute atomic E-state index is 12.5. The molecule has 1 amide bonds. The molecule has 152 valence electrons. The smallest absolute Gasteiger partial charge is 0.261 e. The third-order valence-electron chi connectivity index (χ3n) is 5.03. The Morgan fingerprint density at radius 1 is 1.10 bits per heavy atom. The highest BCUT2D eigenvalue weighted by Gasteiger charge is 2.17. The maximum atomic E-state index is 12.5. The highest BCUT2D eigenvalue weighted by molar-refractivity contribution is 5.86. The molecule has 2 aromatic heterocycles. The number of carbonyl (C=O) groups is 2. The lowest BCUT2D eigenvalue weighted by Crippen LogP contribution is -2.49. The van der Waals surface area contributed by atoms with E-state index >= 15 is 0 Å². The highest BCUT2D eigenvalue weighted by Crippen LogP contribution is 2.19. The summed E-state index contributed by atoms with van der Waals surface area (Å²) in [5, 5.41) is 15.4. The molecule has 0 unspecified atom stereocenters. The van der Waals surface area contributed by atoms with Crippen molar-refractivity contribution in [3.63, 3.8) is 0 Å². The van der Waals surface area contributed by atoms with Crippen LogP contribution in [-0.2, 0) is 22.6 Å². The predicted octanol–water partition coefficient (Wildman–Crippen LogP) is 0.745. The van der Waals surface area contributed by atoms with Crippen molar-refractivity contribution in [2.45, 2.75) is 25.4 Å². The first kappa shape index (κ1) is 19.4. The van der Waals surface area contributed by atoms with E-state index in [2.05, 4.69) is 15.3 Å². The van der Waals surface area contributed by atoms with Gasteiger partial charge in [-0.15, -0.1) is 0 Å². The monoisotopic (exact) mass is 403 g/mol. The molecule has 0 aliphatic carbocycles. The first-order chi connectivity index (χ1) is 14.5. The zero-order valence-electron chi connectivity index (χ0n) is 16.0. The minimum atomic E-state index is -1.36. The predicted molar refractivity (Wildman–Crippen MR) is 110 cm³/mol. The van der Waals surface area contributed by atoms with Gasteiger partial charge < -0.3 is 20.2 Å². The highest BCUT2D eigenvalue weighted by atomic mass is 16.4. The summed E-state index contributed by atoms with van der Waals surface area (Å²) in [6, 6.07) is 13.3. The molecule has 0 saturated carbocycles. The molecule has 2 heterocycles. The van der Waals surface area contributed by atoms with Crippen molar-refractivity contribution in [3.8, 4) is 0 Å². The fourth-order valence-electron chi connectivity index (χ4n) is 3.47. The van der Waals surface area contributed by atoms with E-state index < -0.39 is 17.9 Å². The molecule has 0 radical (unpaired) electrons.